The van der Waals surface area contributed by atoms with Gasteiger partial charge in [0.15, 0.2) is 5.72 Å². The molecule has 1 atom stereocenters. The predicted octanol–water partition coefficient (Wildman–Crippen LogP) is 1.55. The highest BCUT2D eigenvalue weighted by Crippen LogP contribution is 2.39. The molecule has 7 nitrogen and oxygen atoms in total. The molecule has 1 aliphatic rings. The molecule has 2 rings (SSSR count). The summed E-state index contributed by atoms with van der Waals surface area (Å²) in [5.41, 5.74) is -1.07. The van der Waals surface area contributed by atoms with E-state index < -0.39 is 34.8 Å². The average Bonchev–Trinajstić information content (AvgIpc) is 2.73. The molecule has 22 heavy (non-hydrogen) atoms. The second kappa shape index (κ2) is 4.98. The van der Waals surface area contributed by atoms with Crippen LogP contribution in [-0.4, -0.2) is 27.1 Å². The molecule has 0 aromatic heterocycles. The first-order valence-corrected chi connectivity index (χ1v) is 5.89. The molecule has 0 spiro atoms. The molecule has 1 unspecified atom stereocenters. The minimum absolute atomic E-state index is 0.0195. The highest BCUT2D eigenvalue weighted by atomic mass is 19.4. The van der Waals surface area contributed by atoms with Crippen LogP contribution in [0.3, 0.4) is 0 Å². The molecule has 1 saturated heterocycles. The molecule has 1 fully saturated rings. The summed E-state index contributed by atoms with van der Waals surface area (Å²) in [6.45, 7) is 3.38. The zero-order valence-electron chi connectivity index (χ0n) is 10.9. The Bertz CT molecular complexity index is 661. The zero-order valence-corrected chi connectivity index (χ0v) is 10.9. The minimum atomic E-state index is -5.23. The van der Waals surface area contributed by atoms with Crippen LogP contribution < -0.4 is 5.43 Å². The van der Waals surface area contributed by atoms with Crippen LogP contribution in [0.5, 0.6) is 0 Å². The Labute approximate surface area is 121 Å². The van der Waals surface area contributed by atoms with E-state index in [1.165, 1.54) is 12.1 Å². The molecular formula is C12H10F3N3O4. The topological polar surface area (TPSA) is 95.7 Å². The number of alkyl halides is 3. The summed E-state index contributed by atoms with van der Waals surface area (Å²) in [6.07, 6.45) is -5.66. The van der Waals surface area contributed by atoms with E-state index in [1.54, 1.807) is 0 Å². The number of carbonyl (C=O) groups is 1. The first-order valence-electron chi connectivity index (χ1n) is 5.89. The Hall–Kier alpha value is -2.62. The number of nitro benzene ring substituents is 1. The van der Waals surface area contributed by atoms with Gasteiger partial charge in [0, 0.05) is 29.8 Å². The number of hydrogen-bond acceptors (Lipinski definition) is 5. The summed E-state index contributed by atoms with van der Waals surface area (Å²) in [5, 5.41) is 21.2. The fraction of sp³-hybridized carbons (Fsp3) is 0.250. The van der Waals surface area contributed by atoms with E-state index in [0.29, 0.717) is 0 Å². The number of halogens is 3. The lowest BCUT2D eigenvalue weighted by molar-refractivity contribution is -0.385. The Morgan fingerprint density at radius 3 is 2.68 bits per heavy atom. The highest BCUT2D eigenvalue weighted by Gasteiger charge is 2.54. The zero-order chi connectivity index (χ0) is 16.7. The molecule has 2 N–H and O–H groups in total. The molecule has 1 aromatic rings. The van der Waals surface area contributed by atoms with Gasteiger partial charge in [-0.05, 0) is 0 Å². The maximum absolute atomic E-state index is 12.6. The van der Waals surface area contributed by atoms with Crippen LogP contribution in [0.15, 0.2) is 36.5 Å². The monoisotopic (exact) mass is 317 g/mol. The van der Waals surface area contributed by atoms with Crippen LogP contribution in [0.25, 0.3) is 0 Å². The number of hydrazine groups is 1. The van der Waals surface area contributed by atoms with Crippen molar-refractivity contribution in [2.24, 2.45) is 0 Å². The van der Waals surface area contributed by atoms with E-state index in [9.17, 15) is 33.2 Å². The Balaban J connectivity index is 2.50. The standard InChI is InChI=1S/C12H10F3N3O4/c1-7-6-11(20,17(16-7)10(19)12(13,14)15)8-3-2-4-9(5-8)18(21)22/h2-5,16,20H,1,6H2. The molecule has 0 bridgehead atoms. The third-order valence-corrected chi connectivity index (χ3v) is 3.06. The van der Waals surface area contributed by atoms with E-state index in [1.807, 2.05) is 5.43 Å². The summed E-state index contributed by atoms with van der Waals surface area (Å²) in [7, 11) is 0. The Morgan fingerprint density at radius 1 is 1.50 bits per heavy atom. The van der Waals surface area contributed by atoms with E-state index >= 15 is 0 Å². The highest BCUT2D eigenvalue weighted by molar-refractivity contribution is 5.82. The first kappa shape index (κ1) is 15.8. The van der Waals surface area contributed by atoms with Crippen molar-refractivity contribution in [1.82, 2.24) is 10.4 Å². The van der Waals surface area contributed by atoms with Gasteiger partial charge in [-0.1, -0.05) is 18.7 Å². The molecule has 0 aliphatic carbocycles. The number of aliphatic hydroxyl groups is 1. The van der Waals surface area contributed by atoms with Crippen molar-refractivity contribution in [3.8, 4) is 0 Å². The molecule has 0 saturated carbocycles. The number of nitrogens with zero attached hydrogens (tertiary/aromatic N) is 2. The number of non-ortho nitro benzene ring substituents is 1. The van der Waals surface area contributed by atoms with Gasteiger partial charge in [0.25, 0.3) is 5.69 Å². The Kier molecular flexibility index (Phi) is 3.57. The van der Waals surface area contributed by atoms with Crippen molar-refractivity contribution in [3.63, 3.8) is 0 Å². The number of nitrogens with one attached hydrogen (secondary N) is 1. The third-order valence-electron chi connectivity index (χ3n) is 3.06. The van der Waals surface area contributed by atoms with E-state index in [2.05, 4.69) is 6.58 Å². The van der Waals surface area contributed by atoms with Crippen molar-refractivity contribution < 1.29 is 28.0 Å². The van der Waals surface area contributed by atoms with Gasteiger partial charge in [0.1, 0.15) is 0 Å². The number of hydrogen-bond donors (Lipinski definition) is 2. The van der Waals surface area contributed by atoms with Gasteiger partial charge >= 0.3 is 12.1 Å². The largest absolute Gasteiger partial charge is 0.473 e. The van der Waals surface area contributed by atoms with Gasteiger partial charge in [0.2, 0.25) is 0 Å². The van der Waals surface area contributed by atoms with Crippen molar-refractivity contribution in [2.75, 3.05) is 0 Å². The van der Waals surface area contributed by atoms with Gasteiger partial charge in [-0.2, -0.15) is 13.2 Å². The van der Waals surface area contributed by atoms with E-state index in [-0.39, 0.29) is 16.3 Å². The predicted molar refractivity (Wildman–Crippen MR) is 66.8 cm³/mol. The van der Waals surface area contributed by atoms with Crippen LogP contribution in [-0.2, 0) is 10.5 Å². The lowest BCUT2D eigenvalue weighted by atomic mass is 9.98. The number of amides is 1. The molecule has 118 valence electrons. The van der Waals surface area contributed by atoms with Crippen LogP contribution in [0, 0.1) is 10.1 Å². The molecule has 1 heterocycles. The van der Waals surface area contributed by atoms with Crippen molar-refractivity contribution in [2.45, 2.75) is 18.3 Å². The average molecular weight is 317 g/mol. The maximum Gasteiger partial charge on any atom is 0.473 e. The Morgan fingerprint density at radius 2 is 2.14 bits per heavy atom. The SMILES string of the molecule is C=C1CC(O)(c2cccc([N+](=O)[O-])c2)N(C(=O)C(F)(F)F)N1. The summed E-state index contributed by atoms with van der Waals surface area (Å²) >= 11 is 0. The van der Waals surface area contributed by atoms with Crippen LogP contribution in [0.4, 0.5) is 18.9 Å². The third kappa shape index (κ3) is 2.60. The van der Waals surface area contributed by atoms with Crippen molar-refractivity contribution >= 4 is 11.6 Å². The number of carbonyl (C=O) groups excluding carboxylic acids is 1. The van der Waals surface area contributed by atoms with Gasteiger partial charge < -0.3 is 5.11 Å². The minimum Gasteiger partial charge on any atom is -0.365 e. The number of benzene rings is 1. The lowest BCUT2D eigenvalue weighted by Gasteiger charge is -2.32. The van der Waals surface area contributed by atoms with Gasteiger partial charge in [0.05, 0.1) is 4.92 Å². The number of rotatable bonds is 2. The maximum atomic E-state index is 12.6. The smallest absolute Gasteiger partial charge is 0.365 e. The van der Waals surface area contributed by atoms with Crippen molar-refractivity contribution in [1.29, 1.82) is 0 Å². The second-order valence-electron chi connectivity index (χ2n) is 4.65. The summed E-state index contributed by atoms with van der Waals surface area (Å²) in [5.74, 6) is -2.33. The molecule has 10 heteroatoms. The van der Waals surface area contributed by atoms with E-state index in [4.69, 9.17) is 0 Å². The normalized spacial score (nSPS) is 21.6. The summed E-state index contributed by atoms with van der Waals surface area (Å²) in [4.78, 5) is 21.4. The molecule has 0 radical (unpaired) electrons. The quantitative estimate of drug-likeness (QED) is 0.637. The molecule has 1 amide bonds. The van der Waals surface area contributed by atoms with Crippen LogP contribution in [0.2, 0.25) is 0 Å². The van der Waals surface area contributed by atoms with E-state index in [0.717, 1.165) is 12.1 Å². The van der Waals surface area contributed by atoms with Gasteiger partial charge in [-0.15, -0.1) is 0 Å². The van der Waals surface area contributed by atoms with Gasteiger partial charge in [-0.3, -0.25) is 20.3 Å². The fourth-order valence-electron chi connectivity index (χ4n) is 2.11. The first-order chi connectivity index (χ1) is 10.1. The summed E-state index contributed by atoms with van der Waals surface area (Å²) < 4.78 is 37.8. The second-order valence-corrected chi connectivity index (χ2v) is 4.65. The van der Waals surface area contributed by atoms with Crippen molar-refractivity contribution in [3.05, 3.63) is 52.2 Å². The van der Waals surface area contributed by atoms with Crippen LogP contribution in [0.1, 0.15) is 12.0 Å². The number of nitro groups is 1. The lowest BCUT2D eigenvalue weighted by Crippen LogP contribution is -2.54. The van der Waals surface area contributed by atoms with Gasteiger partial charge in [-0.25, -0.2) is 5.01 Å². The molecule has 1 aromatic carbocycles. The molecular weight excluding hydrogens is 307 g/mol. The fourth-order valence-corrected chi connectivity index (χ4v) is 2.11. The summed E-state index contributed by atoms with van der Waals surface area (Å²) in [6, 6.07) is 4.39. The van der Waals surface area contributed by atoms with Crippen LogP contribution >= 0.6 is 0 Å². The molecule has 1 aliphatic heterocycles.